The third-order valence-electron chi connectivity index (χ3n) is 2.58. The minimum atomic E-state index is 0.717. The Hall–Kier alpha value is -0.100. The van der Waals surface area contributed by atoms with Gasteiger partial charge in [0.05, 0.1) is 22.4 Å². The van der Waals surface area contributed by atoms with Gasteiger partial charge in [-0.15, -0.1) is 0 Å². The second-order valence-electron chi connectivity index (χ2n) is 4.50. The molecule has 4 heteroatoms. The molecule has 0 radical (unpaired) electrons. The number of hydrogen-bond acceptors (Lipinski definition) is 2. The smallest absolute Gasteiger partial charge is 0.0730 e. The summed E-state index contributed by atoms with van der Waals surface area (Å²) in [5, 5.41) is 4.47. The highest BCUT2D eigenvalue weighted by atomic mass is 127. The van der Waals surface area contributed by atoms with Gasteiger partial charge in [-0.1, -0.05) is 13.8 Å². The van der Waals surface area contributed by atoms with Crippen molar-refractivity contribution < 1.29 is 4.74 Å². The first kappa shape index (κ1) is 14.0. The van der Waals surface area contributed by atoms with E-state index in [1.165, 1.54) is 9.26 Å². The van der Waals surface area contributed by atoms with Crippen molar-refractivity contribution >= 4 is 22.6 Å². The molecule has 0 saturated heterocycles. The van der Waals surface area contributed by atoms with E-state index in [1.807, 2.05) is 11.6 Å². The fourth-order valence-corrected chi connectivity index (χ4v) is 1.85. The van der Waals surface area contributed by atoms with Gasteiger partial charge in [-0.2, -0.15) is 5.10 Å². The molecule has 0 aliphatic rings. The highest BCUT2D eigenvalue weighted by Gasteiger charge is 2.07. The fourth-order valence-electron chi connectivity index (χ4n) is 1.46. The first-order valence-corrected chi connectivity index (χ1v) is 6.87. The van der Waals surface area contributed by atoms with Crippen molar-refractivity contribution in [3.8, 4) is 0 Å². The number of aryl methyl sites for hydroxylation is 1. The molecule has 1 rings (SSSR count). The van der Waals surface area contributed by atoms with Crippen molar-refractivity contribution in [2.75, 3.05) is 13.2 Å². The molecule has 0 saturated carbocycles. The van der Waals surface area contributed by atoms with E-state index in [0.717, 1.165) is 37.8 Å². The first-order valence-electron chi connectivity index (χ1n) is 5.79. The Morgan fingerprint density at radius 3 is 2.50 bits per heavy atom. The molecule has 1 aromatic rings. The predicted octanol–water partition coefficient (Wildman–Crippen LogP) is 3.17. The highest BCUT2D eigenvalue weighted by Crippen LogP contribution is 2.14. The molecule has 0 aliphatic carbocycles. The molecule has 0 amide bonds. The molecular formula is C12H21IN2O. The van der Waals surface area contributed by atoms with E-state index in [9.17, 15) is 0 Å². The summed E-state index contributed by atoms with van der Waals surface area (Å²) < 4.78 is 8.89. The lowest BCUT2D eigenvalue weighted by atomic mass is 10.1. The molecule has 0 N–H and O–H groups in total. The van der Waals surface area contributed by atoms with Crippen LogP contribution >= 0.6 is 22.6 Å². The van der Waals surface area contributed by atoms with E-state index < -0.39 is 0 Å². The summed E-state index contributed by atoms with van der Waals surface area (Å²) in [4.78, 5) is 0. The van der Waals surface area contributed by atoms with Crippen LogP contribution in [-0.2, 0) is 11.3 Å². The third-order valence-corrected chi connectivity index (χ3v) is 4.14. The molecule has 3 nitrogen and oxygen atoms in total. The lowest BCUT2D eigenvalue weighted by Gasteiger charge is -2.07. The Labute approximate surface area is 112 Å². The van der Waals surface area contributed by atoms with E-state index in [-0.39, 0.29) is 0 Å². The zero-order valence-electron chi connectivity index (χ0n) is 10.6. The predicted molar refractivity (Wildman–Crippen MR) is 74.7 cm³/mol. The van der Waals surface area contributed by atoms with E-state index in [0.29, 0.717) is 0 Å². The van der Waals surface area contributed by atoms with Crippen molar-refractivity contribution in [2.24, 2.45) is 5.92 Å². The van der Waals surface area contributed by atoms with E-state index in [1.54, 1.807) is 0 Å². The van der Waals surface area contributed by atoms with Gasteiger partial charge in [-0.05, 0) is 48.8 Å². The van der Waals surface area contributed by atoms with Gasteiger partial charge in [0.15, 0.2) is 0 Å². The van der Waals surface area contributed by atoms with Crippen LogP contribution in [0.1, 0.15) is 31.7 Å². The van der Waals surface area contributed by atoms with Crippen LogP contribution in [0.25, 0.3) is 0 Å². The molecule has 1 heterocycles. The maximum absolute atomic E-state index is 5.59. The zero-order valence-corrected chi connectivity index (χ0v) is 12.7. The van der Waals surface area contributed by atoms with Crippen LogP contribution in [0.4, 0.5) is 0 Å². The van der Waals surface area contributed by atoms with Gasteiger partial charge in [-0.3, -0.25) is 4.68 Å². The van der Waals surface area contributed by atoms with E-state index in [2.05, 4.69) is 48.5 Å². The van der Waals surface area contributed by atoms with Gasteiger partial charge < -0.3 is 4.74 Å². The number of hydrogen-bond donors (Lipinski definition) is 0. The molecule has 0 aliphatic heterocycles. The molecule has 16 heavy (non-hydrogen) atoms. The van der Waals surface area contributed by atoms with Gasteiger partial charge >= 0.3 is 0 Å². The molecule has 0 bridgehead atoms. The van der Waals surface area contributed by atoms with Gasteiger partial charge in [0.25, 0.3) is 0 Å². The van der Waals surface area contributed by atoms with Crippen LogP contribution in [-0.4, -0.2) is 23.0 Å². The Morgan fingerprint density at radius 1 is 1.31 bits per heavy atom. The zero-order chi connectivity index (χ0) is 12.1. The van der Waals surface area contributed by atoms with Crippen LogP contribution in [0.5, 0.6) is 0 Å². The lowest BCUT2D eigenvalue weighted by Crippen LogP contribution is -2.10. The van der Waals surface area contributed by atoms with Crippen LogP contribution in [0, 0.1) is 23.3 Å². The number of ether oxygens (including phenoxy) is 1. The van der Waals surface area contributed by atoms with Crippen molar-refractivity contribution in [3.05, 3.63) is 15.0 Å². The number of halogens is 1. The number of rotatable bonds is 6. The minimum Gasteiger partial charge on any atom is -0.380 e. The SMILES string of the molecule is Cc1nn(CCOCCC(C)C)c(C)c1I. The molecule has 0 fully saturated rings. The summed E-state index contributed by atoms with van der Waals surface area (Å²) in [6.45, 7) is 11.0. The van der Waals surface area contributed by atoms with Crippen molar-refractivity contribution in [1.82, 2.24) is 9.78 Å². The molecule has 0 spiro atoms. The van der Waals surface area contributed by atoms with Crippen LogP contribution in [0.2, 0.25) is 0 Å². The normalized spacial score (nSPS) is 11.4. The van der Waals surface area contributed by atoms with Gasteiger partial charge in [0, 0.05) is 12.3 Å². The Kier molecular flexibility index (Phi) is 5.75. The molecule has 92 valence electrons. The molecular weight excluding hydrogens is 315 g/mol. The van der Waals surface area contributed by atoms with Crippen LogP contribution in [0.15, 0.2) is 0 Å². The van der Waals surface area contributed by atoms with Crippen LogP contribution in [0.3, 0.4) is 0 Å². The second kappa shape index (κ2) is 6.59. The highest BCUT2D eigenvalue weighted by molar-refractivity contribution is 14.1. The average molecular weight is 336 g/mol. The van der Waals surface area contributed by atoms with Crippen LogP contribution < -0.4 is 0 Å². The number of nitrogens with zero attached hydrogens (tertiary/aromatic N) is 2. The maximum Gasteiger partial charge on any atom is 0.0730 e. The van der Waals surface area contributed by atoms with Gasteiger partial charge in [-0.25, -0.2) is 0 Å². The second-order valence-corrected chi connectivity index (χ2v) is 5.58. The molecule has 0 atom stereocenters. The lowest BCUT2D eigenvalue weighted by molar-refractivity contribution is 0.113. The Balaban J connectivity index is 2.29. The van der Waals surface area contributed by atoms with E-state index in [4.69, 9.17) is 4.74 Å². The van der Waals surface area contributed by atoms with E-state index >= 15 is 0 Å². The number of aromatic nitrogens is 2. The van der Waals surface area contributed by atoms with Crippen molar-refractivity contribution in [1.29, 1.82) is 0 Å². The van der Waals surface area contributed by atoms with Crippen molar-refractivity contribution in [2.45, 2.75) is 40.7 Å². The molecule has 0 aromatic carbocycles. The standard InChI is InChI=1S/C12H21IN2O/c1-9(2)5-7-16-8-6-15-11(4)12(13)10(3)14-15/h9H,5-8H2,1-4H3. The van der Waals surface area contributed by atoms with Gasteiger partial charge in [0.2, 0.25) is 0 Å². The summed E-state index contributed by atoms with van der Waals surface area (Å²) in [5.74, 6) is 0.717. The molecule has 0 unspecified atom stereocenters. The van der Waals surface area contributed by atoms with Crippen molar-refractivity contribution in [3.63, 3.8) is 0 Å². The Morgan fingerprint density at radius 2 is 2.00 bits per heavy atom. The summed E-state index contributed by atoms with van der Waals surface area (Å²) in [6, 6.07) is 0. The largest absolute Gasteiger partial charge is 0.380 e. The Bertz CT molecular complexity index is 334. The molecule has 1 aromatic heterocycles. The summed E-state index contributed by atoms with van der Waals surface area (Å²) >= 11 is 2.34. The quantitative estimate of drug-likeness (QED) is 0.589. The monoisotopic (exact) mass is 336 g/mol. The maximum atomic E-state index is 5.59. The van der Waals surface area contributed by atoms with Gasteiger partial charge in [0.1, 0.15) is 0 Å². The first-order chi connectivity index (χ1) is 7.52. The topological polar surface area (TPSA) is 27.1 Å². The minimum absolute atomic E-state index is 0.717. The summed E-state index contributed by atoms with van der Waals surface area (Å²) in [6.07, 6.45) is 1.13. The average Bonchev–Trinajstić information content (AvgIpc) is 2.45. The summed E-state index contributed by atoms with van der Waals surface area (Å²) in [5.41, 5.74) is 2.35. The third kappa shape index (κ3) is 4.05. The fraction of sp³-hybridized carbons (Fsp3) is 0.750. The summed E-state index contributed by atoms with van der Waals surface area (Å²) in [7, 11) is 0.